The second-order valence-corrected chi connectivity index (χ2v) is 8.66. The van der Waals surface area contributed by atoms with Crippen LogP contribution in [0.25, 0.3) is 0 Å². The third-order valence-electron chi connectivity index (χ3n) is 5.05. The van der Waals surface area contributed by atoms with Gasteiger partial charge >= 0.3 is 0 Å². The van der Waals surface area contributed by atoms with Gasteiger partial charge in [-0.3, -0.25) is 9.59 Å². The molecule has 0 spiro atoms. The van der Waals surface area contributed by atoms with Crippen molar-refractivity contribution in [3.05, 3.63) is 60.2 Å². The maximum absolute atomic E-state index is 13.2. The van der Waals surface area contributed by atoms with Crippen molar-refractivity contribution in [2.45, 2.75) is 24.0 Å². The van der Waals surface area contributed by atoms with Gasteiger partial charge in [0.25, 0.3) is 5.91 Å². The molecule has 0 radical (unpaired) electrons. The number of carbonyl (C=O) groups excluding carboxylic acids is 2. The van der Waals surface area contributed by atoms with Gasteiger partial charge in [0.2, 0.25) is 5.91 Å². The van der Waals surface area contributed by atoms with Crippen LogP contribution in [0, 0.1) is 5.92 Å². The lowest BCUT2D eigenvalue weighted by atomic mass is 10.1. The van der Waals surface area contributed by atoms with E-state index in [0.29, 0.717) is 37.5 Å². The molecule has 2 aromatic carbocycles. The second kappa shape index (κ2) is 9.83. The molecule has 1 saturated heterocycles. The van der Waals surface area contributed by atoms with Crippen molar-refractivity contribution >= 4 is 23.6 Å². The van der Waals surface area contributed by atoms with Crippen LogP contribution in [0.5, 0.6) is 5.75 Å². The minimum Gasteiger partial charge on any atom is -0.497 e. The molecular weight excluding hydrogens is 384 g/mol. The van der Waals surface area contributed by atoms with Gasteiger partial charge in [0, 0.05) is 36.6 Å². The van der Waals surface area contributed by atoms with Gasteiger partial charge in [-0.15, -0.1) is 11.8 Å². The Hall–Kier alpha value is -2.47. The molecule has 154 valence electrons. The summed E-state index contributed by atoms with van der Waals surface area (Å²) < 4.78 is 5.21. The summed E-state index contributed by atoms with van der Waals surface area (Å²) in [5, 5.41) is -0.127. The Labute approximate surface area is 177 Å². The lowest BCUT2D eigenvalue weighted by Gasteiger charge is -2.37. The van der Waals surface area contributed by atoms with Crippen LogP contribution in [0.2, 0.25) is 0 Å². The van der Waals surface area contributed by atoms with Crippen molar-refractivity contribution < 1.29 is 14.3 Å². The number of hydrogen-bond donors (Lipinski definition) is 0. The third kappa shape index (κ3) is 5.32. The quantitative estimate of drug-likeness (QED) is 0.678. The number of nitrogens with zero attached hydrogens (tertiary/aromatic N) is 2. The predicted molar refractivity (Wildman–Crippen MR) is 116 cm³/mol. The van der Waals surface area contributed by atoms with Crippen molar-refractivity contribution in [2.75, 3.05) is 33.3 Å². The highest BCUT2D eigenvalue weighted by Crippen LogP contribution is 2.30. The Bertz CT molecular complexity index is 833. The van der Waals surface area contributed by atoms with E-state index < -0.39 is 0 Å². The van der Waals surface area contributed by atoms with Crippen molar-refractivity contribution in [3.8, 4) is 5.75 Å². The lowest BCUT2D eigenvalue weighted by Crippen LogP contribution is -2.53. The van der Waals surface area contributed by atoms with Crippen LogP contribution in [-0.4, -0.2) is 60.2 Å². The zero-order chi connectivity index (χ0) is 20.8. The summed E-state index contributed by atoms with van der Waals surface area (Å²) in [5.41, 5.74) is 0.615. The van der Waals surface area contributed by atoms with Crippen LogP contribution in [0.1, 0.15) is 24.2 Å². The number of benzene rings is 2. The fourth-order valence-electron chi connectivity index (χ4n) is 3.37. The maximum atomic E-state index is 13.2. The first kappa shape index (κ1) is 21.2. The first-order valence-electron chi connectivity index (χ1n) is 9.93. The van der Waals surface area contributed by atoms with E-state index in [1.54, 1.807) is 31.0 Å². The molecule has 3 rings (SSSR count). The van der Waals surface area contributed by atoms with Crippen LogP contribution in [0.3, 0.4) is 0 Å². The Kier molecular flexibility index (Phi) is 7.20. The van der Waals surface area contributed by atoms with Crippen LogP contribution in [-0.2, 0) is 4.79 Å². The first-order chi connectivity index (χ1) is 14.0. The van der Waals surface area contributed by atoms with Crippen molar-refractivity contribution in [1.29, 1.82) is 0 Å². The first-order valence-corrected chi connectivity index (χ1v) is 10.8. The van der Waals surface area contributed by atoms with Crippen molar-refractivity contribution in [3.63, 3.8) is 0 Å². The molecule has 2 aromatic rings. The standard InChI is InChI=1S/C23H28N2O3S/c1-17(2)21(29-20-10-5-4-6-11-20)23(27)25-14-12-24(13-15-25)22(26)18-8-7-9-19(16-18)28-3/h4-11,16-17,21H,12-15H2,1-3H3. The van der Waals surface area contributed by atoms with Crippen LogP contribution in [0.4, 0.5) is 0 Å². The molecule has 0 aliphatic carbocycles. The smallest absolute Gasteiger partial charge is 0.254 e. The van der Waals surface area contributed by atoms with E-state index in [1.165, 1.54) is 0 Å². The molecule has 29 heavy (non-hydrogen) atoms. The van der Waals surface area contributed by atoms with Crippen molar-refractivity contribution in [2.24, 2.45) is 5.92 Å². The molecule has 1 atom stereocenters. The van der Waals surface area contributed by atoms with E-state index in [2.05, 4.69) is 13.8 Å². The molecule has 5 nitrogen and oxygen atoms in total. The topological polar surface area (TPSA) is 49.9 Å². The number of ether oxygens (including phenoxy) is 1. The van der Waals surface area contributed by atoms with Crippen LogP contribution >= 0.6 is 11.8 Å². The summed E-state index contributed by atoms with van der Waals surface area (Å²) in [4.78, 5) is 30.8. The van der Waals surface area contributed by atoms with E-state index in [-0.39, 0.29) is 23.0 Å². The summed E-state index contributed by atoms with van der Waals surface area (Å²) in [5.74, 6) is 1.03. The summed E-state index contributed by atoms with van der Waals surface area (Å²) in [7, 11) is 1.59. The molecule has 0 aromatic heterocycles. The Morgan fingerprint density at radius 1 is 0.931 bits per heavy atom. The van der Waals surface area contributed by atoms with Crippen LogP contribution in [0.15, 0.2) is 59.5 Å². The minimum atomic E-state index is -0.127. The number of carbonyl (C=O) groups is 2. The molecule has 6 heteroatoms. The largest absolute Gasteiger partial charge is 0.497 e. The molecule has 1 aliphatic heterocycles. The number of methoxy groups -OCH3 is 1. The van der Waals surface area contributed by atoms with Gasteiger partial charge in [-0.1, -0.05) is 38.1 Å². The van der Waals surface area contributed by atoms with E-state index in [0.717, 1.165) is 4.90 Å². The van der Waals surface area contributed by atoms with Gasteiger partial charge in [0.15, 0.2) is 0 Å². The highest BCUT2D eigenvalue weighted by molar-refractivity contribution is 8.00. The molecule has 1 heterocycles. The Morgan fingerprint density at radius 2 is 1.59 bits per heavy atom. The maximum Gasteiger partial charge on any atom is 0.254 e. The molecule has 0 bridgehead atoms. The van der Waals surface area contributed by atoms with Crippen LogP contribution < -0.4 is 4.74 Å². The summed E-state index contributed by atoms with van der Waals surface area (Å²) in [6.07, 6.45) is 0. The van der Waals surface area contributed by atoms with Gasteiger partial charge in [0.05, 0.1) is 12.4 Å². The summed E-state index contributed by atoms with van der Waals surface area (Å²) in [6, 6.07) is 17.2. The number of piperazine rings is 1. The average molecular weight is 413 g/mol. The number of rotatable bonds is 6. The van der Waals surface area contributed by atoms with Gasteiger partial charge in [-0.2, -0.15) is 0 Å². The summed E-state index contributed by atoms with van der Waals surface area (Å²) >= 11 is 1.62. The Balaban J connectivity index is 1.61. The molecule has 1 aliphatic rings. The molecular formula is C23H28N2O3S. The monoisotopic (exact) mass is 412 g/mol. The molecule has 0 saturated carbocycles. The minimum absolute atomic E-state index is 0.0185. The van der Waals surface area contributed by atoms with Gasteiger partial charge in [-0.05, 0) is 36.2 Å². The van der Waals surface area contributed by atoms with E-state index in [1.807, 2.05) is 52.3 Å². The SMILES string of the molecule is COc1cccc(C(=O)N2CCN(C(=O)C(Sc3ccccc3)C(C)C)CC2)c1. The van der Waals surface area contributed by atoms with Gasteiger partial charge in [-0.25, -0.2) is 0 Å². The predicted octanol–water partition coefficient (Wildman–Crippen LogP) is 3.80. The van der Waals surface area contributed by atoms with Gasteiger partial charge in [0.1, 0.15) is 5.75 Å². The lowest BCUT2D eigenvalue weighted by molar-refractivity contribution is -0.132. The number of amides is 2. The third-order valence-corrected chi connectivity index (χ3v) is 6.59. The number of thioether (sulfide) groups is 1. The number of hydrogen-bond acceptors (Lipinski definition) is 4. The van der Waals surface area contributed by atoms with Crippen molar-refractivity contribution in [1.82, 2.24) is 9.80 Å². The van der Waals surface area contributed by atoms with Gasteiger partial charge < -0.3 is 14.5 Å². The molecule has 1 unspecified atom stereocenters. The second-order valence-electron chi connectivity index (χ2n) is 7.44. The highest BCUT2D eigenvalue weighted by Gasteiger charge is 2.31. The fraction of sp³-hybridized carbons (Fsp3) is 0.391. The molecule has 0 N–H and O–H groups in total. The zero-order valence-electron chi connectivity index (χ0n) is 17.2. The highest BCUT2D eigenvalue weighted by atomic mass is 32.2. The van der Waals surface area contributed by atoms with E-state index >= 15 is 0 Å². The molecule has 2 amide bonds. The fourth-order valence-corrected chi connectivity index (χ4v) is 4.50. The van der Waals surface area contributed by atoms with E-state index in [9.17, 15) is 9.59 Å². The zero-order valence-corrected chi connectivity index (χ0v) is 18.0. The Morgan fingerprint density at radius 3 is 2.21 bits per heavy atom. The average Bonchev–Trinajstić information content (AvgIpc) is 2.77. The summed E-state index contributed by atoms with van der Waals surface area (Å²) in [6.45, 7) is 6.38. The normalized spacial score (nSPS) is 15.3. The van der Waals surface area contributed by atoms with E-state index in [4.69, 9.17) is 4.74 Å². The molecule has 1 fully saturated rings.